The SMILES string of the molecule is CC1(C)CCCN(CCC(=O)O[C@H]2CC[C@@]3(C)C(=CC[C@H]4[C@H]3CC[C@]3(C)C(=O)CC[C@H]43)C2)C1. The van der Waals surface area contributed by atoms with E-state index < -0.39 is 0 Å². The maximum Gasteiger partial charge on any atom is 0.307 e. The molecule has 0 N–H and O–H groups in total. The van der Waals surface area contributed by atoms with E-state index in [4.69, 9.17) is 4.74 Å². The van der Waals surface area contributed by atoms with Crippen LogP contribution in [0.15, 0.2) is 11.6 Å². The first-order valence-corrected chi connectivity index (χ1v) is 13.8. The molecule has 0 spiro atoms. The Labute approximate surface area is 200 Å². The van der Waals surface area contributed by atoms with E-state index in [-0.39, 0.29) is 22.9 Å². The zero-order valence-electron chi connectivity index (χ0n) is 21.5. The molecule has 0 amide bonds. The van der Waals surface area contributed by atoms with Gasteiger partial charge in [-0.15, -0.1) is 0 Å². The first-order valence-electron chi connectivity index (χ1n) is 13.8. The Morgan fingerprint density at radius 3 is 2.61 bits per heavy atom. The Kier molecular flexibility index (Phi) is 6.07. The lowest BCUT2D eigenvalue weighted by molar-refractivity contribution is -0.152. The average molecular weight is 456 g/mol. The quantitative estimate of drug-likeness (QED) is 0.389. The number of piperidine rings is 1. The highest BCUT2D eigenvalue weighted by Crippen LogP contribution is 2.64. The van der Waals surface area contributed by atoms with E-state index in [0.717, 1.165) is 64.6 Å². The second kappa shape index (κ2) is 8.50. The highest BCUT2D eigenvalue weighted by Gasteiger charge is 2.58. The van der Waals surface area contributed by atoms with Crippen molar-refractivity contribution in [3.63, 3.8) is 0 Å². The topological polar surface area (TPSA) is 46.6 Å². The van der Waals surface area contributed by atoms with Gasteiger partial charge >= 0.3 is 5.97 Å². The van der Waals surface area contributed by atoms with Crippen LogP contribution in [0.4, 0.5) is 0 Å². The molecule has 3 saturated carbocycles. The van der Waals surface area contributed by atoms with Gasteiger partial charge in [-0.2, -0.15) is 0 Å². The molecule has 0 bridgehead atoms. The maximum absolute atomic E-state index is 12.7. The summed E-state index contributed by atoms with van der Waals surface area (Å²) in [6.07, 6.45) is 13.9. The van der Waals surface area contributed by atoms with Crippen molar-refractivity contribution in [2.24, 2.45) is 34.0 Å². The van der Waals surface area contributed by atoms with Crippen molar-refractivity contribution in [3.05, 3.63) is 11.6 Å². The zero-order valence-corrected chi connectivity index (χ0v) is 21.5. The molecule has 1 aliphatic heterocycles. The number of fused-ring (bicyclic) bond motifs is 5. The fourth-order valence-electron chi connectivity index (χ4n) is 8.73. The third kappa shape index (κ3) is 4.23. The maximum atomic E-state index is 12.7. The number of esters is 1. The van der Waals surface area contributed by atoms with Crippen molar-refractivity contribution in [1.82, 2.24) is 4.90 Å². The van der Waals surface area contributed by atoms with Gasteiger partial charge in [0.05, 0.1) is 6.42 Å². The first-order chi connectivity index (χ1) is 15.6. The molecule has 0 aromatic rings. The summed E-state index contributed by atoms with van der Waals surface area (Å²) in [5.41, 5.74) is 2.08. The number of hydrogen-bond donors (Lipinski definition) is 0. The van der Waals surface area contributed by atoms with Crippen LogP contribution in [-0.4, -0.2) is 42.4 Å². The molecule has 0 aromatic carbocycles. The van der Waals surface area contributed by atoms with Crippen LogP contribution in [-0.2, 0) is 14.3 Å². The number of rotatable bonds is 4. The minimum absolute atomic E-state index is 0.0147. The Hall–Kier alpha value is -1.16. The monoisotopic (exact) mass is 455 g/mol. The molecule has 6 atom stereocenters. The summed E-state index contributed by atoms with van der Waals surface area (Å²) in [7, 11) is 0. The Bertz CT molecular complexity index is 831. The molecule has 4 heteroatoms. The molecule has 33 heavy (non-hydrogen) atoms. The normalized spacial score (nSPS) is 42.7. The van der Waals surface area contributed by atoms with Crippen LogP contribution in [0, 0.1) is 34.0 Å². The van der Waals surface area contributed by atoms with Gasteiger partial charge in [-0.3, -0.25) is 9.59 Å². The summed E-state index contributed by atoms with van der Waals surface area (Å²) < 4.78 is 6.01. The van der Waals surface area contributed by atoms with Gasteiger partial charge in [0, 0.05) is 31.3 Å². The molecule has 1 saturated heterocycles. The number of ether oxygens (including phenoxy) is 1. The van der Waals surface area contributed by atoms with E-state index in [0.29, 0.717) is 35.4 Å². The smallest absolute Gasteiger partial charge is 0.307 e. The van der Waals surface area contributed by atoms with Crippen LogP contribution in [0.3, 0.4) is 0 Å². The summed E-state index contributed by atoms with van der Waals surface area (Å²) in [6, 6.07) is 0. The molecule has 5 rings (SSSR count). The number of ketones is 1. The van der Waals surface area contributed by atoms with Crippen LogP contribution >= 0.6 is 0 Å². The molecular formula is C29H45NO3. The van der Waals surface area contributed by atoms with Crippen molar-refractivity contribution >= 4 is 11.8 Å². The summed E-state index contributed by atoms with van der Waals surface area (Å²) >= 11 is 0. The lowest BCUT2D eigenvalue weighted by Crippen LogP contribution is -2.50. The predicted octanol–water partition coefficient (Wildman–Crippen LogP) is 5.94. The van der Waals surface area contributed by atoms with Gasteiger partial charge in [0.15, 0.2) is 0 Å². The van der Waals surface area contributed by atoms with Gasteiger partial charge < -0.3 is 9.64 Å². The summed E-state index contributed by atoms with van der Waals surface area (Å²) in [5.74, 6) is 2.44. The van der Waals surface area contributed by atoms with E-state index in [9.17, 15) is 9.59 Å². The van der Waals surface area contributed by atoms with Crippen LogP contribution in [0.2, 0.25) is 0 Å². The van der Waals surface area contributed by atoms with E-state index in [2.05, 4.69) is 38.7 Å². The molecule has 0 radical (unpaired) electrons. The summed E-state index contributed by atoms with van der Waals surface area (Å²) in [6.45, 7) is 12.4. The van der Waals surface area contributed by atoms with Crippen molar-refractivity contribution < 1.29 is 14.3 Å². The number of nitrogens with zero attached hydrogens (tertiary/aromatic N) is 1. The van der Waals surface area contributed by atoms with Gasteiger partial charge in [-0.1, -0.05) is 39.3 Å². The number of carbonyl (C=O) groups is 2. The Balaban J connectivity index is 1.18. The number of Topliss-reactive ketones (excluding diaryl/α,β-unsaturated/α-hetero) is 1. The first kappa shape index (κ1) is 23.6. The van der Waals surface area contributed by atoms with Crippen LogP contribution < -0.4 is 0 Å². The third-order valence-electron chi connectivity index (χ3n) is 10.7. The fourth-order valence-corrected chi connectivity index (χ4v) is 8.73. The third-order valence-corrected chi connectivity index (χ3v) is 10.7. The number of hydrogen-bond acceptors (Lipinski definition) is 4. The molecule has 4 nitrogen and oxygen atoms in total. The zero-order chi connectivity index (χ0) is 23.4. The van der Waals surface area contributed by atoms with Crippen LogP contribution in [0.1, 0.15) is 98.3 Å². The van der Waals surface area contributed by atoms with E-state index in [1.165, 1.54) is 19.3 Å². The van der Waals surface area contributed by atoms with Crippen LogP contribution in [0.25, 0.3) is 0 Å². The van der Waals surface area contributed by atoms with Gasteiger partial charge in [0.2, 0.25) is 0 Å². The highest BCUT2D eigenvalue weighted by atomic mass is 16.5. The number of likely N-dealkylation sites (tertiary alicyclic amines) is 1. The van der Waals surface area contributed by atoms with Gasteiger partial charge in [-0.05, 0) is 86.5 Å². The molecule has 4 fully saturated rings. The molecule has 1 heterocycles. The van der Waals surface area contributed by atoms with Crippen molar-refractivity contribution in [3.8, 4) is 0 Å². The van der Waals surface area contributed by atoms with Crippen molar-refractivity contribution in [2.45, 2.75) is 104 Å². The second-order valence-electron chi connectivity index (χ2n) is 13.3. The van der Waals surface area contributed by atoms with Gasteiger partial charge in [-0.25, -0.2) is 0 Å². The molecular weight excluding hydrogens is 410 g/mol. The molecule has 0 aromatic heterocycles. The van der Waals surface area contributed by atoms with E-state index >= 15 is 0 Å². The van der Waals surface area contributed by atoms with E-state index in [1.807, 2.05) is 0 Å². The Morgan fingerprint density at radius 1 is 1.06 bits per heavy atom. The van der Waals surface area contributed by atoms with Crippen molar-refractivity contribution in [1.29, 1.82) is 0 Å². The largest absolute Gasteiger partial charge is 0.462 e. The molecule has 184 valence electrons. The van der Waals surface area contributed by atoms with Crippen LogP contribution in [0.5, 0.6) is 0 Å². The minimum Gasteiger partial charge on any atom is -0.462 e. The number of allylic oxidation sites excluding steroid dienone is 1. The number of carbonyl (C=O) groups excluding carboxylic acids is 2. The van der Waals surface area contributed by atoms with E-state index in [1.54, 1.807) is 5.57 Å². The minimum atomic E-state index is -0.0564. The average Bonchev–Trinajstić information content (AvgIpc) is 3.06. The van der Waals surface area contributed by atoms with Gasteiger partial charge in [0.1, 0.15) is 11.9 Å². The standard InChI is InChI=1S/C29H45NO3/c1-27(2)13-5-16-30(19-27)17-12-26(32)33-21-10-14-28(3)20(18-21)6-7-22-23-8-9-25(31)29(23,4)15-11-24(22)28/h6,21-24H,5,7-19H2,1-4H3/t21-,22+,23+,24+,28-,29-/m0/s1. The second-order valence-corrected chi connectivity index (χ2v) is 13.3. The lowest BCUT2D eigenvalue weighted by Gasteiger charge is -2.56. The Morgan fingerprint density at radius 2 is 1.82 bits per heavy atom. The lowest BCUT2D eigenvalue weighted by atomic mass is 9.48. The summed E-state index contributed by atoms with van der Waals surface area (Å²) in [5, 5.41) is 0. The summed E-state index contributed by atoms with van der Waals surface area (Å²) in [4.78, 5) is 27.7. The molecule has 4 aliphatic carbocycles. The van der Waals surface area contributed by atoms with Crippen molar-refractivity contribution in [2.75, 3.05) is 19.6 Å². The predicted molar refractivity (Wildman–Crippen MR) is 131 cm³/mol. The molecule has 5 aliphatic rings. The fraction of sp³-hybridized carbons (Fsp3) is 0.862. The molecule has 0 unspecified atom stereocenters. The highest BCUT2D eigenvalue weighted by molar-refractivity contribution is 5.87. The van der Waals surface area contributed by atoms with Gasteiger partial charge in [0.25, 0.3) is 0 Å².